The first-order chi connectivity index (χ1) is 14.2. The van der Waals surface area contributed by atoms with E-state index >= 15 is 0 Å². The third-order valence-corrected chi connectivity index (χ3v) is 4.70. The van der Waals surface area contributed by atoms with Gasteiger partial charge in [-0.15, -0.1) is 5.10 Å². The molecule has 0 amide bonds. The van der Waals surface area contributed by atoms with Crippen molar-refractivity contribution in [1.82, 2.24) is 24.8 Å². The predicted octanol–water partition coefficient (Wildman–Crippen LogP) is 3.85. The topological polar surface area (TPSA) is 92.5 Å². The molecule has 0 unspecified atom stereocenters. The molecule has 5 rings (SSSR count). The molecule has 5 aromatic rings. The highest BCUT2D eigenvalue weighted by Gasteiger charge is 2.12. The summed E-state index contributed by atoms with van der Waals surface area (Å²) in [6.45, 7) is 0. The zero-order valence-electron chi connectivity index (χ0n) is 15.1. The summed E-state index contributed by atoms with van der Waals surface area (Å²) in [6.07, 6.45) is 1.74. The van der Waals surface area contributed by atoms with Crippen LogP contribution in [-0.2, 0) is 0 Å². The lowest BCUT2D eigenvalue weighted by atomic mass is 10.1. The maximum Gasteiger partial charge on any atom is 0.117 e. The van der Waals surface area contributed by atoms with Gasteiger partial charge in [-0.3, -0.25) is 0 Å². The van der Waals surface area contributed by atoms with Gasteiger partial charge in [0, 0.05) is 11.6 Å². The first-order valence-corrected chi connectivity index (χ1v) is 8.93. The number of phenols is 1. The van der Waals surface area contributed by atoms with Crippen LogP contribution in [0.25, 0.3) is 33.7 Å². The van der Waals surface area contributed by atoms with Crippen LogP contribution in [0.1, 0.15) is 5.56 Å². The van der Waals surface area contributed by atoms with Crippen LogP contribution >= 0.6 is 0 Å². The number of fused-ring (bicyclic) bond motifs is 1. The maximum absolute atomic E-state index is 9.80. The Balaban J connectivity index is 1.63. The lowest BCUT2D eigenvalue weighted by Crippen LogP contribution is -1.99. The van der Waals surface area contributed by atoms with Crippen molar-refractivity contribution >= 4 is 11.0 Å². The molecule has 0 fully saturated rings. The van der Waals surface area contributed by atoms with Gasteiger partial charge in [-0.2, -0.15) is 10.4 Å². The average molecular weight is 378 g/mol. The quantitative estimate of drug-likeness (QED) is 0.515. The van der Waals surface area contributed by atoms with E-state index < -0.39 is 0 Å². The fraction of sp³-hybridized carbons (Fsp3) is 0. The smallest absolute Gasteiger partial charge is 0.117 e. The Labute approximate surface area is 165 Å². The van der Waals surface area contributed by atoms with Crippen LogP contribution in [0.15, 0.2) is 79.0 Å². The third-order valence-electron chi connectivity index (χ3n) is 4.70. The minimum absolute atomic E-state index is 0.168. The molecule has 0 spiro atoms. The van der Waals surface area contributed by atoms with Gasteiger partial charge in [0.2, 0.25) is 0 Å². The highest BCUT2D eigenvalue weighted by Crippen LogP contribution is 2.27. The number of aromatic hydroxyl groups is 1. The highest BCUT2D eigenvalue weighted by molar-refractivity contribution is 5.82. The van der Waals surface area contributed by atoms with Gasteiger partial charge < -0.3 is 5.11 Å². The van der Waals surface area contributed by atoms with Crippen molar-refractivity contribution in [3.05, 3.63) is 84.6 Å². The van der Waals surface area contributed by atoms with Crippen molar-refractivity contribution in [1.29, 1.82) is 5.26 Å². The molecule has 0 saturated carbocycles. The van der Waals surface area contributed by atoms with Crippen LogP contribution in [0.3, 0.4) is 0 Å². The minimum Gasteiger partial charge on any atom is -0.508 e. The summed E-state index contributed by atoms with van der Waals surface area (Å²) < 4.78 is 3.52. The standard InChI is InChI=1S/C22H14N6O/c23-14-15-4-7-17(8-5-15)27-21(10-11-24-27)16-6-9-20-22(12-16)28(26-25-20)18-2-1-3-19(29)13-18/h1-13,29H. The molecule has 7 heteroatoms. The van der Waals surface area contributed by atoms with E-state index in [1.165, 1.54) is 0 Å². The second-order valence-corrected chi connectivity index (χ2v) is 6.51. The summed E-state index contributed by atoms with van der Waals surface area (Å²) in [5, 5.41) is 31.7. The van der Waals surface area contributed by atoms with E-state index in [2.05, 4.69) is 21.5 Å². The van der Waals surface area contributed by atoms with E-state index in [4.69, 9.17) is 5.26 Å². The fourth-order valence-corrected chi connectivity index (χ4v) is 3.30. The van der Waals surface area contributed by atoms with Crippen molar-refractivity contribution in [3.8, 4) is 34.5 Å². The summed E-state index contributed by atoms with van der Waals surface area (Å²) >= 11 is 0. The monoisotopic (exact) mass is 378 g/mol. The predicted molar refractivity (Wildman–Crippen MR) is 108 cm³/mol. The van der Waals surface area contributed by atoms with Gasteiger partial charge in [-0.25, -0.2) is 9.36 Å². The van der Waals surface area contributed by atoms with E-state index in [0.29, 0.717) is 5.56 Å². The number of hydrogen-bond acceptors (Lipinski definition) is 5. The first kappa shape index (κ1) is 16.7. The maximum atomic E-state index is 9.80. The van der Waals surface area contributed by atoms with E-state index in [1.807, 2.05) is 47.1 Å². The average Bonchev–Trinajstić information content (AvgIpc) is 3.40. The van der Waals surface area contributed by atoms with Crippen LogP contribution in [0.4, 0.5) is 0 Å². The van der Waals surface area contributed by atoms with Crippen LogP contribution in [0.2, 0.25) is 0 Å². The number of benzene rings is 3. The number of hydrogen-bond donors (Lipinski definition) is 1. The Bertz CT molecular complexity index is 1370. The first-order valence-electron chi connectivity index (χ1n) is 8.93. The Morgan fingerprint density at radius 3 is 2.52 bits per heavy atom. The molecule has 0 atom stereocenters. The number of rotatable bonds is 3. The molecule has 0 aliphatic rings. The molecule has 0 radical (unpaired) electrons. The lowest BCUT2D eigenvalue weighted by molar-refractivity contribution is 0.475. The normalized spacial score (nSPS) is 10.9. The summed E-state index contributed by atoms with van der Waals surface area (Å²) in [5.74, 6) is 0.168. The zero-order valence-corrected chi connectivity index (χ0v) is 15.1. The highest BCUT2D eigenvalue weighted by atomic mass is 16.3. The van der Waals surface area contributed by atoms with Crippen molar-refractivity contribution in [2.24, 2.45) is 0 Å². The van der Waals surface area contributed by atoms with Gasteiger partial charge in [-0.1, -0.05) is 17.3 Å². The molecule has 0 saturated heterocycles. The lowest BCUT2D eigenvalue weighted by Gasteiger charge is -2.09. The molecule has 2 aromatic heterocycles. The van der Waals surface area contributed by atoms with Gasteiger partial charge in [0.1, 0.15) is 11.3 Å². The van der Waals surface area contributed by atoms with Crippen molar-refractivity contribution in [3.63, 3.8) is 0 Å². The molecule has 7 nitrogen and oxygen atoms in total. The van der Waals surface area contributed by atoms with Crippen molar-refractivity contribution < 1.29 is 5.11 Å². The summed E-state index contributed by atoms with van der Waals surface area (Å²) in [7, 11) is 0. The Morgan fingerprint density at radius 1 is 0.862 bits per heavy atom. The number of phenolic OH excluding ortho intramolecular Hbond substituents is 1. The van der Waals surface area contributed by atoms with Crippen LogP contribution in [0, 0.1) is 11.3 Å². The molecular weight excluding hydrogens is 364 g/mol. The van der Waals surface area contributed by atoms with Gasteiger partial charge >= 0.3 is 0 Å². The molecule has 3 aromatic carbocycles. The summed E-state index contributed by atoms with van der Waals surface area (Å²) in [6, 6.07) is 24.1. The molecule has 1 N–H and O–H groups in total. The van der Waals surface area contributed by atoms with E-state index in [-0.39, 0.29) is 5.75 Å². The van der Waals surface area contributed by atoms with Gasteiger partial charge in [-0.05, 0) is 54.6 Å². The molecule has 138 valence electrons. The number of nitrogens with zero attached hydrogens (tertiary/aromatic N) is 6. The second kappa shape index (κ2) is 6.62. The Hall–Kier alpha value is -4.44. The van der Waals surface area contributed by atoms with Crippen LogP contribution in [0.5, 0.6) is 5.75 Å². The van der Waals surface area contributed by atoms with Gasteiger partial charge in [0.15, 0.2) is 0 Å². The largest absolute Gasteiger partial charge is 0.508 e. The Kier molecular flexibility index (Phi) is 3.82. The van der Waals surface area contributed by atoms with E-state index in [9.17, 15) is 5.11 Å². The molecule has 0 aliphatic carbocycles. The molecular formula is C22H14N6O. The Morgan fingerprint density at radius 2 is 1.72 bits per heavy atom. The summed E-state index contributed by atoms with van der Waals surface area (Å²) in [5.41, 5.74) is 5.62. The molecule has 29 heavy (non-hydrogen) atoms. The van der Waals surface area contributed by atoms with E-state index in [1.54, 1.807) is 41.2 Å². The van der Waals surface area contributed by atoms with Gasteiger partial charge in [0.05, 0.1) is 40.4 Å². The van der Waals surface area contributed by atoms with E-state index in [0.717, 1.165) is 33.7 Å². The van der Waals surface area contributed by atoms with Crippen LogP contribution < -0.4 is 0 Å². The van der Waals surface area contributed by atoms with Crippen molar-refractivity contribution in [2.45, 2.75) is 0 Å². The zero-order chi connectivity index (χ0) is 19.8. The minimum atomic E-state index is 0.168. The molecule has 2 heterocycles. The summed E-state index contributed by atoms with van der Waals surface area (Å²) in [4.78, 5) is 0. The molecule has 0 aliphatic heterocycles. The SMILES string of the molecule is N#Cc1ccc(-n2nccc2-c2ccc3nnn(-c4cccc(O)c4)c3c2)cc1. The number of nitriles is 1. The third kappa shape index (κ3) is 2.89. The second-order valence-electron chi connectivity index (χ2n) is 6.51. The molecule has 0 bridgehead atoms. The van der Waals surface area contributed by atoms with Crippen LogP contribution in [-0.4, -0.2) is 29.9 Å². The number of aromatic nitrogens is 5. The van der Waals surface area contributed by atoms with Crippen molar-refractivity contribution in [2.75, 3.05) is 0 Å². The fourth-order valence-electron chi connectivity index (χ4n) is 3.30. The van der Waals surface area contributed by atoms with Gasteiger partial charge in [0.25, 0.3) is 0 Å².